The first-order valence-corrected chi connectivity index (χ1v) is 7.22. The van der Waals surface area contributed by atoms with Gasteiger partial charge in [0.15, 0.2) is 0 Å². The SMILES string of the molecule is CNCC1CN(C2C(C)CCCC2C)CCO1. The van der Waals surface area contributed by atoms with E-state index in [0.29, 0.717) is 6.10 Å². The normalized spacial score (nSPS) is 40.4. The molecule has 17 heavy (non-hydrogen) atoms. The van der Waals surface area contributed by atoms with Gasteiger partial charge in [-0.3, -0.25) is 4.90 Å². The van der Waals surface area contributed by atoms with Gasteiger partial charge in [0.2, 0.25) is 0 Å². The highest BCUT2D eigenvalue weighted by molar-refractivity contribution is 4.88. The zero-order valence-electron chi connectivity index (χ0n) is 11.6. The maximum absolute atomic E-state index is 5.81. The van der Waals surface area contributed by atoms with E-state index < -0.39 is 0 Å². The van der Waals surface area contributed by atoms with E-state index in [1.165, 1.54) is 19.3 Å². The van der Waals surface area contributed by atoms with Gasteiger partial charge in [0.1, 0.15) is 0 Å². The van der Waals surface area contributed by atoms with Crippen LogP contribution in [-0.4, -0.2) is 50.3 Å². The number of hydrogen-bond acceptors (Lipinski definition) is 3. The Kier molecular flexibility index (Phi) is 4.83. The van der Waals surface area contributed by atoms with Crippen LogP contribution >= 0.6 is 0 Å². The molecule has 1 aliphatic heterocycles. The number of nitrogens with zero attached hydrogens (tertiary/aromatic N) is 1. The summed E-state index contributed by atoms with van der Waals surface area (Å²) >= 11 is 0. The van der Waals surface area contributed by atoms with E-state index in [4.69, 9.17) is 4.74 Å². The molecule has 2 fully saturated rings. The zero-order chi connectivity index (χ0) is 12.3. The monoisotopic (exact) mass is 240 g/mol. The maximum atomic E-state index is 5.81. The lowest BCUT2D eigenvalue weighted by Crippen LogP contribution is -2.54. The van der Waals surface area contributed by atoms with E-state index >= 15 is 0 Å². The number of likely N-dealkylation sites (N-methyl/N-ethyl adjacent to an activating group) is 1. The van der Waals surface area contributed by atoms with Crippen molar-refractivity contribution in [3.05, 3.63) is 0 Å². The second-order valence-electron chi connectivity index (χ2n) is 5.92. The molecule has 0 spiro atoms. The predicted molar refractivity (Wildman–Crippen MR) is 71.2 cm³/mol. The van der Waals surface area contributed by atoms with Gasteiger partial charge in [-0.2, -0.15) is 0 Å². The van der Waals surface area contributed by atoms with Crippen LogP contribution in [0.1, 0.15) is 33.1 Å². The number of ether oxygens (including phenoxy) is 1. The molecule has 0 aromatic rings. The minimum Gasteiger partial charge on any atom is -0.374 e. The minimum absolute atomic E-state index is 0.384. The lowest BCUT2D eigenvalue weighted by atomic mass is 9.77. The lowest BCUT2D eigenvalue weighted by Gasteiger charge is -2.46. The summed E-state index contributed by atoms with van der Waals surface area (Å²) in [4.78, 5) is 2.69. The van der Waals surface area contributed by atoms with Crippen LogP contribution in [0.3, 0.4) is 0 Å². The Morgan fingerprint density at radius 2 is 1.94 bits per heavy atom. The smallest absolute Gasteiger partial charge is 0.0826 e. The summed E-state index contributed by atoms with van der Waals surface area (Å²) in [7, 11) is 2.01. The van der Waals surface area contributed by atoms with E-state index in [9.17, 15) is 0 Å². The molecule has 1 aliphatic carbocycles. The van der Waals surface area contributed by atoms with Gasteiger partial charge in [-0.15, -0.1) is 0 Å². The van der Waals surface area contributed by atoms with Crippen molar-refractivity contribution < 1.29 is 4.74 Å². The molecule has 1 saturated heterocycles. The molecule has 2 rings (SSSR count). The highest BCUT2D eigenvalue weighted by Gasteiger charge is 2.35. The molecule has 3 unspecified atom stereocenters. The van der Waals surface area contributed by atoms with Crippen LogP contribution in [0.5, 0.6) is 0 Å². The van der Waals surface area contributed by atoms with Crippen LogP contribution in [0.15, 0.2) is 0 Å². The zero-order valence-corrected chi connectivity index (χ0v) is 11.6. The predicted octanol–water partition coefficient (Wildman–Crippen LogP) is 1.73. The van der Waals surface area contributed by atoms with Gasteiger partial charge in [-0.25, -0.2) is 0 Å². The molecule has 0 amide bonds. The summed E-state index contributed by atoms with van der Waals surface area (Å²) in [6, 6.07) is 0.784. The highest BCUT2D eigenvalue weighted by atomic mass is 16.5. The van der Waals surface area contributed by atoms with Gasteiger partial charge in [0.05, 0.1) is 12.7 Å². The number of morpholine rings is 1. The van der Waals surface area contributed by atoms with Crippen LogP contribution in [0.25, 0.3) is 0 Å². The third kappa shape index (κ3) is 3.21. The largest absolute Gasteiger partial charge is 0.374 e. The average Bonchev–Trinajstić information content (AvgIpc) is 2.30. The van der Waals surface area contributed by atoms with Gasteiger partial charge in [0, 0.05) is 25.7 Å². The summed E-state index contributed by atoms with van der Waals surface area (Å²) in [5.74, 6) is 1.71. The molecule has 0 radical (unpaired) electrons. The number of rotatable bonds is 3. The van der Waals surface area contributed by atoms with Crippen molar-refractivity contribution in [2.24, 2.45) is 11.8 Å². The molecule has 0 aromatic heterocycles. The first kappa shape index (κ1) is 13.3. The third-order valence-electron chi connectivity index (χ3n) is 4.51. The lowest BCUT2D eigenvalue weighted by molar-refractivity contribution is -0.0646. The summed E-state index contributed by atoms with van der Waals surface area (Å²) in [5.41, 5.74) is 0. The van der Waals surface area contributed by atoms with Gasteiger partial charge < -0.3 is 10.1 Å². The number of nitrogens with one attached hydrogen (secondary N) is 1. The standard InChI is InChI=1S/C14H28N2O/c1-11-5-4-6-12(2)14(11)16-7-8-17-13(10-16)9-15-3/h11-15H,4-10H2,1-3H3. The quantitative estimate of drug-likeness (QED) is 0.813. The summed E-state index contributed by atoms with van der Waals surface area (Å²) in [6.07, 6.45) is 4.62. The van der Waals surface area contributed by atoms with Crippen LogP contribution in [-0.2, 0) is 4.74 Å². The topological polar surface area (TPSA) is 24.5 Å². The fourth-order valence-electron chi connectivity index (χ4n) is 3.75. The Morgan fingerprint density at radius 3 is 2.59 bits per heavy atom. The van der Waals surface area contributed by atoms with Crippen molar-refractivity contribution in [1.29, 1.82) is 0 Å². The Hall–Kier alpha value is -0.120. The molecule has 100 valence electrons. The molecular formula is C14H28N2O. The molecule has 1 N–H and O–H groups in total. The molecule has 2 aliphatic rings. The van der Waals surface area contributed by atoms with Crippen molar-refractivity contribution in [3.63, 3.8) is 0 Å². The second-order valence-corrected chi connectivity index (χ2v) is 5.92. The number of hydrogen-bond donors (Lipinski definition) is 1. The van der Waals surface area contributed by atoms with Gasteiger partial charge >= 0.3 is 0 Å². The Bertz CT molecular complexity index is 222. The summed E-state index contributed by atoms with van der Waals surface area (Å²) in [5, 5.41) is 3.23. The first-order chi connectivity index (χ1) is 8.22. The molecule has 3 atom stereocenters. The molecular weight excluding hydrogens is 212 g/mol. The van der Waals surface area contributed by atoms with Crippen LogP contribution in [0.4, 0.5) is 0 Å². The van der Waals surface area contributed by atoms with E-state index in [0.717, 1.165) is 44.1 Å². The molecule has 1 saturated carbocycles. The van der Waals surface area contributed by atoms with Crippen molar-refractivity contribution in [2.45, 2.75) is 45.3 Å². The Labute approximate surface area is 106 Å². The van der Waals surface area contributed by atoms with Gasteiger partial charge in [-0.1, -0.05) is 20.3 Å². The van der Waals surface area contributed by atoms with Crippen molar-refractivity contribution in [1.82, 2.24) is 10.2 Å². The third-order valence-corrected chi connectivity index (χ3v) is 4.51. The van der Waals surface area contributed by atoms with Crippen molar-refractivity contribution >= 4 is 0 Å². The van der Waals surface area contributed by atoms with E-state index in [1.54, 1.807) is 0 Å². The molecule has 3 nitrogen and oxygen atoms in total. The van der Waals surface area contributed by atoms with Gasteiger partial charge in [0.25, 0.3) is 0 Å². The fraction of sp³-hybridized carbons (Fsp3) is 1.00. The molecule has 3 heteroatoms. The van der Waals surface area contributed by atoms with Gasteiger partial charge in [-0.05, 0) is 31.7 Å². The highest BCUT2D eigenvalue weighted by Crippen LogP contribution is 2.33. The van der Waals surface area contributed by atoms with Crippen molar-refractivity contribution in [3.8, 4) is 0 Å². The first-order valence-electron chi connectivity index (χ1n) is 7.22. The minimum atomic E-state index is 0.384. The van der Waals surface area contributed by atoms with E-state index in [2.05, 4.69) is 24.1 Å². The molecule has 0 aromatic carbocycles. The Morgan fingerprint density at radius 1 is 1.24 bits per heavy atom. The van der Waals surface area contributed by atoms with Crippen molar-refractivity contribution in [2.75, 3.05) is 33.3 Å². The Balaban J connectivity index is 1.95. The molecule has 1 heterocycles. The van der Waals surface area contributed by atoms with Crippen LogP contribution in [0.2, 0.25) is 0 Å². The summed E-state index contributed by atoms with van der Waals surface area (Å²) in [6.45, 7) is 8.99. The van der Waals surface area contributed by atoms with E-state index in [1.807, 2.05) is 7.05 Å². The van der Waals surface area contributed by atoms with Crippen LogP contribution in [0, 0.1) is 11.8 Å². The molecule has 0 bridgehead atoms. The maximum Gasteiger partial charge on any atom is 0.0826 e. The fourth-order valence-corrected chi connectivity index (χ4v) is 3.75. The van der Waals surface area contributed by atoms with E-state index in [-0.39, 0.29) is 0 Å². The second kappa shape index (κ2) is 6.17. The average molecular weight is 240 g/mol. The summed E-state index contributed by atoms with van der Waals surface area (Å²) < 4.78 is 5.81. The van der Waals surface area contributed by atoms with Crippen LogP contribution < -0.4 is 5.32 Å².